The summed E-state index contributed by atoms with van der Waals surface area (Å²) in [4.78, 5) is 26.1. The molecule has 0 aliphatic heterocycles. The number of aryl methyl sites for hydroxylation is 3. The number of amides is 1. The molecule has 2 aromatic heterocycles. The maximum Gasteiger partial charge on any atom is 0.251 e. The van der Waals surface area contributed by atoms with E-state index >= 15 is 0 Å². The van der Waals surface area contributed by atoms with Gasteiger partial charge in [0.25, 0.3) is 5.91 Å². The Morgan fingerprint density at radius 1 is 0.963 bits per heavy atom. The van der Waals surface area contributed by atoms with E-state index in [4.69, 9.17) is 0 Å². The highest BCUT2D eigenvalue weighted by Gasteiger charge is 2.09. The molecule has 27 heavy (non-hydrogen) atoms. The van der Waals surface area contributed by atoms with Crippen LogP contribution in [0.5, 0.6) is 0 Å². The second kappa shape index (κ2) is 7.40. The van der Waals surface area contributed by atoms with Crippen LogP contribution in [0.4, 0.5) is 0 Å². The maximum atomic E-state index is 12.4. The lowest BCUT2D eigenvalue weighted by Gasteiger charge is -2.07. The number of nitrogens with one attached hydrogen (secondary N) is 1. The van der Waals surface area contributed by atoms with Gasteiger partial charge in [-0.15, -0.1) is 11.3 Å². The molecule has 0 fully saturated rings. The van der Waals surface area contributed by atoms with Gasteiger partial charge in [-0.3, -0.25) is 4.79 Å². The van der Waals surface area contributed by atoms with Gasteiger partial charge < -0.3 is 5.32 Å². The molecule has 136 valence electrons. The molecule has 6 heteroatoms. The number of thiazole rings is 1. The average molecular weight is 376 g/mol. The van der Waals surface area contributed by atoms with Crippen molar-refractivity contribution in [3.8, 4) is 0 Å². The molecule has 0 saturated heterocycles. The quantitative estimate of drug-likeness (QED) is 0.530. The Bertz CT molecular complexity index is 1100. The Morgan fingerprint density at radius 3 is 2.56 bits per heavy atom. The van der Waals surface area contributed by atoms with Gasteiger partial charge in [-0.1, -0.05) is 12.1 Å². The van der Waals surface area contributed by atoms with Crippen molar-refractivity contribution in [3.05, 3.63) is 64.4 Å². The molecule has 0 spiro atoms. The first-order valence-electron chi connectivity index (χ1n) is 8.98. The van der Waals surface area contributed by atoms with E-state index in [9.17, 15) is 4.79 Å². The minimum atomic E-state index is -0.0822. The number of carbonyl (C=O) groups excluding carboxylic acids is 1. The van der Waals surface area contributed by atoms with Crippen LogP contribution in [0.2, 0.25) is 0 Å². The molecular formula is C21H20N4OS. The molecule has 0 unspecified atom stereocenters. The average Bonchev–Trinajstić information content (AvgIpc) is 3.08. The van der Waals surface area contributed by atoms with Gasteiger partial charge in [-0.2, -0.15) is 0 Å². The fourth-order valence-corrected chi connectivity index (χ4v) is 3.95. The van der Waals surface area contributed by atoms with Gasteiger partial charge in [0.15, 0.2) is 0 Å². The lowest BCUT2D eigenvalue weighted by molar-refractivity contribution is 0.0953. The third-order valence-electron chi connectivity index (χ3n) is 4.53. The molecule has 0 saturated carbocycles. The van der Waals surface area contributed by atoms with Crippen LogP contribution in [-0.4, -0.2) is 27.4 Å². The first-order chi connectivity index (χ1) is 13.1. The molecular weight excluding hydrogens is 356 g/mol. The molecule has 0 bridgehead atoms. The van der Waals surface area contributed by atoms with Gasteiger partial charge in [-0.25, -0.2) is 15.0 Å². The summed E-state index contributed by atoms with van der Waals surface area (Å²) in [5, 5.41) is 4.09. The summed E-state index contributed by atoms with van der Waals surface area (Å²) in [5.41, 5.74) is 5.01. The predicted octanol–water partition coefficient (Wildman–Crippen LogP) is 4.22. The minimum absolute atomic E-state index is 0.0822. The van der Waals surface area contributed by atoms with Crippen molar-refractivity contribution in [1.29, 1.82) is 0 Å². The number of benzene rings is 2. The predicted molar refractivity (Wildman–Crippen MR) is 109 cm³/mol. The molecule has 2 aromatic carbocycles. The normalized spacial score (nSPS) is 11.2. The van der Waals surface area contributed by atoms with E-state index in [2.05, 4.69) is 26.3 Å². The molecule has 0 radical (unpaired) electrons. The summed E-state index contributed by atoms with van der Waals surface area (Å²) in [6.07, 6.45) is 1.72. The molecule has 0 aliphatic carbocycles. The third kappa shape index (κ3) is 3.80. The number of rotatable bonds is 5. The summed E-state index contributed by atoms with van der Waals surface area (Å²) >= 11 is 1.72. The number of hydrogen-bond donors (Lipinski definition) is 1. The Kier molecular flexibility index (Phi) is 4.81. The number of nitrogens with zero attached hydrogens (tertiary/aromatic N) is 3. The van der Waals surface area contributed by atoms with E-state index < -0.39 is 0 Å². The van der Waals surface area contributed by atoms with Crippen LogP contribution in [0.15, 0.2) is 42.5 Å². The first kappa shape index (κ1) is 17.5. The smallest absolute Gasteiger partial charge is 0.251 e. The molecule has 0 aliphatic rings. The lowest BCUT2D eigenvalue weighted by Crippen LogP contribution is -2.24. The fraction of sp³-hybridized carbons (Fsp3) is 0.238. The summed E-state index contributed by atoms with van der Waals surface area (Å²) in [6.45, 7) is 4.48. The third-order valence-corrected chi connectivity index (χ3v) is 5.62. The topological polar surface area (TPSA) is 67.8 Å². The number of aromatic nitrogens is 3. The standard InChI is InChI=1S/C21H20N4OS/c1-13-14(2)24-18-12-15(9-10-16(18)23-13)21(26)22-11-5-8-20-25-17-6-3-4-7-19(17)27-20/h3-4,6-7,9-10,12H,5,8,11H2,1-2H3,(H,22,26). The fourth-order valence-electron chi connectivity index (χ4n) is 2.94. The Hall–Kier alpha value is -2.86. The van der Waals surface area contributed by atoms with Crippen molar-refractivity contribution in [2.45, 2.75) is 26.7 Å². The highest BCUT2D eigenvalue weighted by Crippen LogP contribution is 2.22. The van der Waals surface area contributed by atoms with Gasteiger partial charge in [0.1, 0.15) is 0 Å². The number of hydrogen-bond acceptors (Lipinski definition) is 5. The van der Waals surface area contributed by atoms with Gasteiger partial charge in [0.05, 0.1) is 37.6 Å². The second-order valence-corrected chi connectivity index (χ2v) is 7.65. The molecule has 0 atom stereocenters. The van der Waals surface area contributed by atoms with E-state index in [1.54, 1.807) is 23.5 Å². The number of para-hydroxylation sites is 1. The lowest BCUT2D eigenvalue weighted by atomic mass is 10.1. The van der Waals surface area contributed by atoms with E-state index in [-0.39, 0.29) is 5.91 Å². The Labute approximate surface area is 161 Å². The zero-order valence-electron chi connectivity index (χ0n) is 15.3. The van der Waals surface area contributed by atoms with Crippen molar-refractivity contribution in [1.82, 2.24) is 20.3 Å². The van der Waals surface area contributed by atoms with Crippen molar-refractivity contribution in [2.75, 3.05) is 6.54 Å². The van der Waals surface area contributed by atoms with Gasteiger partial charge in [0, 0.05) is 18.5 Å². The van der Waals surface area contributed by atoms with Crippen molar-refractivity contribution >= 4 is 38.5 Å². The molecule has 4 rings (SSSR count). The summed E-state index contributed by atoms with van der Waals surface area (Å²) in [7, 11) is 0. The van der Waals surface area contributed by atoms with E-state index in [1.807, 2.05) is 38.1 Å². The minimum Gasteiger partial charge on any atom is -0.352 e. The number of fused-ring (bicyclic) bond motifs is 2. The zero-order valence-corrected chi connectivity index (χ0v) is 16.1. The zero-order chi connectivity index (χ0) is 18.8. The largest absolute Gasteiger partial charge is 0.352 e. The van der Waals surface area contributed by atoms with E-state index in [1.165, 1.54) is 4.70 Å². The summed E-state index contributed by atoms with van der Waals surface area (Å²) in [5.74, 6) is -0.0822. The van der Waals surface area contributed by atoms with Crippen LogP contribution < -0.4 is 5.32 Å². The molecule has 1 amide bonds. The molecule has 2 heterocycles. The van der Waals surface area contributed by atoms with Crippen LogP contribution in [0.3, 0.4) is 0 Å². The van der Waals surface area contributed by atoms with Crippen LogP contribution in [0.1, 0.15) is 33.2 Å². The summed E-state index contributed by atoms with van der Waals surface area (Å²) in [6, 6.07) is 13.6. The van der Waals surface area contributed by atoms with Crippen LogP contribution in [-0.2, 0) is 6.42 Å². The van der Waals surface area contributed by atoms with Crippen LogP contribution >= 0.6 is 11.3 Å². The van der Waals surface area contributed by atoms with Crippen molar-refractivity contribution in [3.63, 3.8) is 0 Å². The van der Waals surface area contributed by atoms with Crippen molar-refractivity contribution in [2.24, 2.45) is 0 Å². The Morgan fingerprint density at radius 2 is 1.74 bits per heavy atom. The van der Waals surface area contributed by atoms with Gasteiger partial charge in [-0.05, 0) is 50.6 Å². The van der Waals surface area contributed by atoms with E-state index in [0.717, 1.165) is 45.8 Å². The van der Waals surface area contributed by atoms with E-state index in [0.29, 0.717) is 12.1 Å². The first-order valence-corrected chi connectivity index (χ1v) is 9.79. The summed E-state index contributed by atoms with van der Waals surface area (Å²) < 4.78 is 1.21. The van der Waals surface area contributed by atoms with Crippen LogP contribution in [0, 0.1) is 13.8 Å². The number of carbonyl (C=O) groups is 1. The molecule has 5 nitrogen and oxygen atoms in total. The highest BCUT2D eigenvalue weighted by molar-refractivity contribution is 7.18. The molecule has 4 aromatic rings. The van der Waals surface area contributed by atoms with Gasteiger partial charge in [0.2, 0.25) is 0 Å². The monoisotopic (exact) mass is 376 g/mol. The molecule has 1 N–H and O–H groups in total. The van der Waals surface area contributed by atoms with Crippen LogP contribution in [0.25, 0.3) is 21.3 Å². The maximum absolute atomic E-state index is 12.4. The second-order valence-electron chi connectivity index (χ2n) is 6.53. The Balaban J connectivity index is 1.36. The van der Waals surface area contributed by atoms with Gasteiger partial charge >= 0.3 is 0 Å². The highest BCUT2D eigenvalue weighted by atomic mass is 32.1. The van der Waals surface area contributed by atoms with Crippen molar-refractivity contribution < 1.29 is 4.79 Å². The SMILES string of the molecule is Cc1nc2ccc(C(=O)NCCCc3nc4ccccc4s3)cc2nc1C.